The average Bonchev–Trinajstić information content (AvgIpc) is 3.14. The third-order valence-corrected chi connectivity index (χ3v) is 4.53. The number of amides is 2. The van der Waals surface area contributed by atoms with Gasteiger partial charge in [0.2, 0.25) is 5.91 Å². The van der Waals surface area contributed by atoms with Crippen molar-refractivity contribution in [2.45, 2.75) is 0 Å². The van der Waals surface area contributed by atoms with E-state index in [9.17, 15) is 9.59 Å². The highest BCUT2D eigenvalue weighted by Crippen LogP contribution is 2.23. The molecule has 0 saturated carbocycles. The Morgan fingerprint density at radius 3 is 2.57 bits per heavy atom. The molecule has 3 N–H and O–H groups in total. The van der Waals surface area contributed by atoms with Gasteiger partial charge in [-0.3, -0.25) is 9.59 Å². The van der Waals surface area contributed by atoms with Crippen molar-refractivity contribution in [2.75, 3.05) is 5.32 Å². The number of nitrogens with two attached hydrogens (primary N) is 1. The Hall–Kier alpha value is -3.71. The van der Waals surface area contributed by atoms with Gasteiger partial charge in [-0.1, -0.05) is 41.9 Å². The Morgan fingerprint density at radius 1 is 1.04 bits per heavy atom. The summed E-state index contributed by atoms with van der Waals surface area (Å²) >= 11 is 5.94. The number of benzene rings is 2. The summed E-state index contributed by atoms with van der Waals surface area (Å²) in [6, 6.07) is 16.0. The Labute approximate surface area is 164 Å². The van der Waals surface area contributed by atoms with Crippen molar-refractivity contribution in [1.29, 1.82) is 0 Å². The second-order valence-electron chi connectivity index (χ2n) is 6.00. The molecule has 0 aliphatic rings. The number of aromatic nitrogens is 3. The van der Waals surface area contributed by atoms with Gasteiger partial charge >= 0.3 is 0 Å². The summed E-state index contributed by atoms with van der Waals surface area (Å²) in [4.78, 5) is 28.5. The summed E-state index contributed by atoms with van der Waals surface area (Å²) in [7, 11) is 0. The van der Waals surface area contributed by atoms with Crippen molar-refractivity contribution < 1.29 is 9.59 Å². The predicted molar refractivity (Wildman–Crippen MR) is 106 cm³/mol. The van der Waals surface area contributed by atoms with Crippen LogP contribution in [0, 0.1) is 0 Å². The lowest BCUT2D eigenvalue weighted by Gasteiger charge is -2.07. The fraction of sp³-hybridized carbons (Fsp3) is 0. The molecule has 0 fully saturated rings. The van der Waals surface area contributed by atoms with E-state index in [1.54, 1.807) is 16.8 Å². The molecule has 0 aliphatic heterocycles. The topological polar surface area (TPSA) is 102 Å². The van der Waals surface area contributed by atoms with Gasteiger partial charge in [-0.25, -0.2) is 9.50 Å². The second-order valence-corrected chi connectivity index (χ2v) is 6.41. The lowest BCUT2D eigenvalue weighted by atomic mass is 10.1. The van der Waals surface area contributed by atoms with Crippen molar-refractivity contribution in [1.82, 2.24) is 14.6 Å². The summed E-state index contributed by atoms with van der Waals surface area (Å²) < 4.78 is 1.61. The number of carbonyl (C=O) groups is 2. The number of hydrogen-bond donors (Lipinski definition) is 2. The minimum Gasteiger partial charge on any atom is -0.366 e. The van der Waals surface area contributed by atoms with Crippen LogP contribution in [0.5, 0.6) is 0 Å². The molecule has 0 bridgehead atoms. The fourth-order valence-electron chi connectivity index (χ4n) is 2.87. The van der Waals surface area contributed by atoms with E-state index >= 15 is 0 Å². The first-order valence-electron chi connectivity index (χ1n) is 8.33. The number of nitrogens with one attached hydrogen (secondary N) is 1. The zero-order valence-corrected chi connectivity index (χ0v) is 15.2. The Balaban J connectivity index is 1.70. The number of hydrogen-bond acceptors (Lipinski definition) is 4. The SMILES string of the molecule is NC(=O)c1cc(NC(=O)c2cnn3c(-c4ccccc4)ccnc23)ccc1Cl. The van der Waals surface area contributed by atoms with Crippen LogP contribution in [0.4, 0.5) is 5.69 Å². The second kappa shape index (κ2) is 7.13. The van der Waals surface area contributed by atoms with Crippen LogP contribution in [0.1, 0.15) is 20.7 Å². The maximum atomic E-state index is 12.7. The van der Waals surface area contributed by atoms with Gasteiger partial charge in [0.25, 0.3) is 5.91 Å². The van der Waals surface area contributed by atoms with Crippen molar-refractivity contribution in [2.24, 2.45) is 5.73 Å². The smallest absolute Gasteiger partial charge is 0.261 e. The summed E-state index contributed by atoms with van der Waals surface area (Å²) in [6.45, 7) is 0. The summed E-state index contributed by atoms with van der Waals surface area (Å²) in [5.41, 5.74) is 8.30. The Morgan fingerprint density at radius 2 is 1.82 bits per heavy atom. The fourth-order valence-corrected chi connectivity index (χ4v) is 3.08. The van der Waals surface area contributed by atoms with E-state index < -0.39 is 11.8 Å². The van der Waals surface area contributed by atoms with Gasteiger partial charge in [0.1, 0.15) is 5.56 Å². The summed E-state index contributed by atoms with van der Waals surface area (Å²) in [5, 5.41) is 7.25. The maximum absolute atomic E-state index is 12.7. The zero-order chi connectivity index (χ0) is 19.7. The third kappa shape index (κ3) is 3.19. The van der Waals surface area contributed by atoms with Crippen LogP contribution in [0.2, 0.25) is 5.02 Å². The van der Waals surface area contributed by atoms with E-state index in [2.05, 4.69) is 15.4 Å². The highest BCUT2D eigenvalue weighted by Gasteiger charge is 2.17. The molecule has 8 heteroatoms. The molecule has 7 nitrogen and oxygen atoms in total. The molecule has 0 unspecified atom stereocenters. The van der Waals surface area contributed by atoms with Crippen molar-refractivity contribution in [3.63, 3.8) is 0 Å². The number of anilines is 1. The number of nitrogens with zero attached hydrogens (tertiary/aromatic N) is 3. The lowest BCUT2D eigenvalue weighted by Crippen LogP contribution is -2.15. The Kier molecular flexibility index (Phi) is 4.50. The zero-order valence-electron chi connectivity index (χ0n) is 14.5. The number of fused-ring (bicyclic) bond motifs is 1. The van der Waals surface area contributed by atoms with Gasteiger partial charge in [0.15, 0.2) is 5.65 Å². The molecule has 0 atom stereocenters. The molecule has 0 radical (unpaired) electrons. The first kappa shape index (κ1) is 17.7. The van der Waals surface area contributed by atoms with Crippen LogP contribution in [-0.4, -0.2) is 26.4 Å². The van der Waals surface area contributed by atoms with Gasteiger partial charge in [0.05, 0.1) is 22.5 Å². The average molecular weight is 392 g/mol. The molecule has 4 aromatic rings. The van der Waals surface area contributed by atoms with Crippen molar-refractivity contribution >= 4 is 34.7 Å². The van der Waals surface area contributed by atoms with E-state index in [4.69, 9.17) is 17.3 Å². The van der Waals surface area contributed by atoms with E-state index in [-0.39, 0.29) is 10.6 Å². The van der Waals surface area contributed by atoms with E-state index in [0.29, 0.717) is 16.9 Å². The van der Waals surface area contributed by atoms with Crippen LogP contribution < -0.4 is 11.1 Å². The van der Waals surface area contributed by atoms with Crippen LogP contribution >= 0.6 is 11.6 Å². The quantitative estimate of drug-likeness (QED) is 0.556. The molecule has 138 valence electrons. The minimum atomic E-state index is -0.675. The molecule has 2 aromatic heterocycles. The molecule has 0 aliphatic carbocycles. The summed E-state index contributed by atoms with van der Waals surface area (Å²) in [5.74, 6) is -1.09. The molecule has 28 heavy (non-hydrogen) atoms. The first-order chi connectivity index (χ1) is 13.5. The van der Waals surface area contributed by atoms with Gasteiger partial charge < -0.3 is 11.1 Å². The number of rotatable bonds is 4. The monoisotopic (exact) mass is 391 g/mol. The largest absolute Gasteiger partial charge is 0.366 e. The molecular formula is C20H14ClN5O2. The minimum absolute atomic E-state index is 0.129. The van der Waals surface area contributed by atoms with Crippen LogP contribution in [-0.2, 0) is 0 Å². The number of carbonyl (C=O) groups excluding carboxylic acids is 2. The van der Waals surface area contributed by atoms with Crippen molar-refractivity contribution in [3.05, 3.63) is 83.1 Å². The molecule has 4 rings (SSSR count). The van der Waals surface area contributed by atoms with Gasteiger partial charge in [-0.2, -0.15) is 5.10 Å². The van der Waals surface area contributed by atoms with Gasteiger partial charge in [-0.05, 0) is 24.3 Å². The highest BCUT2D eigenvalue weighted by atomic mass is 35.5. The Bertz CT molecular complexity index is 1200. The molecular weight excluding hydrogens is 378 g/mol. The van der Waals surface area contributed by atoms with E-state index in [0.717, 1.165) is 11.3 Å². The highest BCUT2D eigenvalue weighted by molar-refractivity contribution is 6.34. The van der Waals surface area contributed by atoms with E-state index in [1.165, 1.54) is 18.3 Å². The molecule has 2 amide bonds. The predicted octanol–water partition coefficient (Wildman–Crippen LogP) is 3.40. The standard InChI is InChI=1S/C20H14ClN5O2/c21-16-7-6-13(10-14(16)18(22)27)25-20(28)15-11-24-26-17(8-9-23-19(15)26)12-4-2-1-3-5-12/h1-11H,(H2,22,27)(H,25,28). The normalized spacial score (nSPS) is 10.8. The molecule has 2 heterocycles. The van der Waals surface area contributed by atoms with Crippen LogP contribution in [0.25, 0.3) is 16.9 Å². The number of primary amides is 1. The van der Waals surface area contributed by atoms with Crippen molar-refractivity contribution in [3.8, 4) is 11.3 Å². The molecule has 2 aromatic carbocycles. The lowest BCUT2D eigenvalue weighted by molar-refractivity contribution is 0.0996. The maximum Gasteiger partial charge on any atom is 0.261 e. The summed E-state index contributed by atoms with van der Waals surface area (Å²) in [6.07, 6.45) is 3.08. The van der Waals surface area contributed by atoms with Crippen LogP contribution in [0.15, 0.2) is 67.0 Å². The molecule has 0 saturated heterocycles. The number of halogens is 1. The first-order valence-corrected chi connectivity index (χ1v) is 8.71. The molecule has 0 spiro atoms. The van der Waals surface area contributed by atoms with Crippen LogP contribution in [0.3, 0.4) is 0 Å². The van der Waals surface area contributed by atoms with Gasteiger partial charge in [-0.15, -0.1) is 0 Å². The van der Waals surface area contributed by atoms with E-state index in [1.807, 2.05) is 36.4 Å². The third-order valence-electron chi connectivity index (χ3n) is 4.21. The van der Waals surface area contributed by atoms with Gasteiger partial charge in [0, 0.05) is 17.4 Å².